The lowest BCUT2D eigenvalue weighted by atomic mass is 9.82. The molecule has 1 amide bonds. The van der Waals surface area contributed by atoms with E-state index in [0.29, 0.717) is 44.1 Å². The fourth-order valence-corrected chi connectivity index (χ4v) is 5.57. The number of aryl methyl sites for hydroxylation is 1. The van der Waals surface area contributed by atoms with Crippen LogP contribution in [-0.2, 0) is 22.4 Å². The maximum Gasteiger partial charge on any atom is 0.252 e. The zero-order valence-corrected chi connectivity index (χ0v) is 25.2. The van der Waals surface area contributed by atoms with Gasteiger partial charge in [0.2, 0.25) is 5.90 Å². The number of rotatable bonds is 12. The first-order valence-corrected chi connectivity index (χ1v) is 15.0. The van der Waals surface area contributed by atoms with Crippen molar-refractivity contribution in [2.24, 2.45) is 4.99 Å². The van der Waals surface area contributed by atoms with Crippen LogP contribution in [0.15, 0.2) is 113 Å². The van der Waals surface area contributed by atoms with Crippen LogP contribution in [0, 0.1) is 6.92 Å². The maximum absolute atomic E-state index is 14.3. The number of carbonyl (C=O) groups is 1. The third kappa shape index (κ3) is 6.92. The molecule has 4 aromatic rings. The average Bonchev–Trinajstić information content (AvgIpc) is 3.39. The van der Waals surface area contributed by atoms with E-state index in [1.165, 1.54) is 5.56 Å². The molecule has 0 bridgehead atoms. The fourth-order valence-electron chi connectivity index (χ4n) is 5.08. The lowest BCUT2D eigenvalue weighted by molar-refractivity contribution is -0.128. The molecule has 0 aromatic heterocycles. The van der Waals surface area contributed by atoms with Gasteiger partial charge in [-0.3, -0.25) is 4.79 Å². The topological polar surface area (TPSA) is 80.2 Å². The van der Waals surface area contributed by atoms with Crippen LogP contribution < -0.4 is 10.1 Å². The van der Waals surface area contributed by atoms with Crippen molar-refractivity contribution < 1.29 is 19.4 Å². The summed E-state index contributed by atoms with van der Waals surface area (Å²) in [5.74, 6) is 0.915. The highest BCUT2D eigenvalue weighted by atomic mass is 79.9. The first-order valence-electron chi connectivity index (χ1n) is 14.2. The number of aliphatic hydroxyl groups excluding tert-OH is 1. The van der Waals surface area contributed by atoms with Gasteiger partial charge in [0.05, 0.1) is 6.61 Å². The van der Waals surface area contributed by atoms with Crippen LogP contribution in [-0.4, -0.2) is 42.2 Å². The van der Waals surface area contributed by atoms with Gasteiger partial charge in [0, 0.05) is 41.6 Å². The van der Waals surface area contributed by atoms with Gasteiger partial charge < -0.3 is 19.9 Å². The van der Waals surface area contributed by atoms with Crippen molar-refractivity contribution >= 4 is 27.7 Å². The van der Waals surface area contributed by atoms with Crippen LogP contribution in [0.2, 0.25) is 0 Å². The predicted molar refractivity (Wildman–Crippen MR) is 169 cm³/mol. The lowest BCUT2D eigenvalue weighted by Gasteiger charge is -2.31. The second-order valence-electron chi connectivity index (χ2n) is 10.5. The number of hydrogen-bond acceptors (Lipinski definition) is 5. The Kier molecular flexibility index (Phi) is 9.72. The van der Waals surface area contributed by atoms with Crippen molar-refractivity contribution in [2.45, 2.75) is 37.8 Å². The SMILES string of the molecule is Cc1ccc(CCNC(=O)[C@]2(Cc3ccccc3)N=C(c3ccc(OCCCO)cc3)O[C@@H]2c2ccccc2Br)cc1. The Labute approximate surface area is 255 Å². The molecule has 2 N–H and O–H groups in total. The monoisotopic (exact) mass is 626 g/mol. The smallest absolute Gasteiger partial charge is 0.252 e. The highest BCUT2D eigenvalue weighted by molar-refractivity contribution is 9.10. The molecule has 0 fully saturated rings. The van der Waals surface area contributed by atoms with Gasteiger partial charge in [0.25, 0.3) is 5.91 Å². The predicted octanol–water partition coefficient (Wildman–Crippen LogP) is 6.38. The van der Waals surface area contributed by atoms with Gasteiger partial charge in [-0.05, 0) is 54.8 Å². The molecule has 1 heterocycles. The van der Waals surface area contributed by atoms with Gasteiger partial charge in [-0.25, -0.2) is 4.99 Å². The molecule has 42 heavy (non-hydrogen) atoms. The number of nitrogens with one attached hydrogen (secondary N) is 1. The Morgan fingerprint density at radius 3 is 2.38 bits per heavy atom. The molecule has 6 nitrogen and oxygen atoms in total. The van der Waals surface area contributed by atoms with Crippen molar-refractivity contribution in [1.82, 2.24) is 5.32 Å². The van der Waals surface area contributed by atoms with Crippen LogP contribution in [0.3, 0.4) is 0 Å². The summed E-state index contributed by atoms with van der Waals surface area (Å²) in [5, 5.41) is 12.2. The minimum atomic E-state index is -1.25. The Hall–Kier alpha value is -3.94. The van der Waals surface area contributed by atoms with Crippen molar-refractivity contribution in [3.63, 3.8) is 0 Å². The van der Waals surface area contributed by atoms with Crippen LogP contribution in [0.4, 0.5) is 0 Å². The first kappa shape index (κ1) is 29.5. The second kappa shape index (κ2) is 13.8. The number of benzene rings is 4. The summed E-state index contributed by atoms with van der Waals surface area (Å²) in [6.07, 6.45) is 0.972. The largest absolute Gasteiger partial charge is 0.494 e. The maximum atomic E-state index is 14.3. The van der Waals surface area contributed by atoms with Crippen LogP contribution >= 0.6 is 15.9 Å². The molecule has 216 valence electrons. The number of ether oxygens (including phenoxy) is 2. The standard InChI is InChI=1S/C35H35BrN2O4/c1-25-12-14-26(15-13-25)20-21-37-34(40)35(24-27-8-3-2-4-9-27)32(30-10-5-6-11-31(30)36)42-33(38-35)28-16-18-29(19-17-28)41-23-7-22-39/h2-6,8-19,32,39H,7,20-24H2,1H3,(H,37,40)/t32-,35-/m1/s1. The summed E-state index contributed by atoms with van der Waals surface area (Å²) in [5.41, 5.74) is 3.71. The summed E-state index contributed by atoms with van der Waals surface area (Å²) in [4.78, 5) is 19.4. The van der Waals surface area contributed by atoms with E-state index in [4.69, 9.17) is 19.6 Å². The Morgan fingerprint density at radius 2 is 1.67 bits per heavy atom. The van der Waals surface area contributed by atoms with Crippen LogP contribution in [0.5, 0.6) is 5.75 Å². The van der Waals surface area contributed by atoms with Gasteiger partial charge >= 0.3 is 0 Å². The van der Waals surface area contributed by atoms with E-state index in [0.717, 1.165) is 26.7 Å². The number of nitrogens with zero attached hydrogens (tertiary/aromatic N) is 1. The van der Waals surface area contributed by atoms with Gasteiger partial charge in [-0.2, -0.15) is 0 Å². The molecule has 0 saturated carbocycles. The molecule has 0 saturated heterocycles. The zero-order chi connectivity index (χ0) is 29.4. The normalized spacial score (nSPS) is 17.8. The molecule has 4 aromatic carbocycles. The van der Waals surface area contributed by atoms with Crippen LogP contribution in [0.25, 0.3) is 0 Å². The molecule has 0 aliphatic carbocycles. The molecule has 0 radical (unpaired) electrons. The quantitative estimate of drug-likeness (QED) is 0.179. The number of hydrogen-bond donors (Lipinski definition) is 2. The Balaban J connectivity index is 1.50. The van der Waals surface area contributed by atoms with Crippen molar-refractivity contribution in [2.75, 3.05) is 19.8 Å². The molecule has 1 aliphatic rings. The third-order valence-electron chi connectivity index (χ3n) is 7.35. The van der Waals surface area contributed by atoms with Crippen LogP contribution in [0.1, 0.15) is 40.3 Å². The summed E-state index contributed by atoms with van der Waals surface area (Å²) < 4.78 is 13.2. The molecule has 1 aliphatic heterocycles. The number of carbonyl (C=O) groups excluding carboxylic acids is 1. The minimum Gasteiger partial charge on any atom is -0.494 e. The zero-order valence-electron chi connectivity index (χ0n) is 23.6. The van der Waals surface area contributed by atoms with E-state index in [1.807, 2.05) is 78.9 Å². The Morgan fingerprint density at radius 1 is 0.952 bits per heavy atom. The van der Waals surface area contributed by atoms with Crippen molar-refractivity contribution in [1.29, 1.82) is 0 Å². The third-order valence-corrected chi connectivity index (χ3v) is 8.08. The van der Waals surface area contributed by atoms with Gasteiger partial charge in [0.15, 0.2) is 11.6 Å². The number of halogens is 1. The number of aliphatic hydroxyl groups is 1. The van der Waals surface area contributed by atoms with Gasteiger partial charge in [-0.1, -0.05) is 94.3 Å². The van der Waals surface area contributed by atoms with E-state index >= 15 is 0 Å². The summed E-state index contributed by atoms with van der Waals surface area (Å²) >= 11 is 3.70. The summed E-state index contributed by atoms with van der Waals surface area (Å²) in [6, 6.07) is 33.6. The average molecular weight is 628 g/mol. The molecule has 0 spiro atoms. The Bertz CT molecular complexity index is 1510. The minimum absolute atomic E-state index is 0.0791. The molecule has 7 heteroatoms. The number of amides is 1. The first-order chi connectivity index (χ1) is 20.5. The van der Waals surface area contributed by atoms with E-state index < -0.39 is 11.6 Å². The van der Waals surface area contributed by atoms with E-state index in [1.54, 1.807) is 0 Å². The lowest BCUT2D eigenvalue weighted by Crippen LogP contribution is -2.50. The highest BCUT2D eigenvalue weighted by Gasteiger charge is 2.53. The fraction of sp³-hybridized carbons (Fsp3) is 0.257. The molecular weight excluding hydrogens is 592 g/mol. The number of aliphatic imine (C=N–C) groups is 1. The molecule has 2 atom stereocenters. The molecular formula is C35H35BrN2O4. The van der Waals surface area contributed by atoms with E-state index in [2.05, 4.69) is 52.4 Å². The van der Waals surface area contributed by atoms with Crippen molar-refractivity contribution in [3.8, 4) is 5.75 Å². The summed E-state index contributed by atoms with van der Waals surface area (Å²) in [6.45, 7) is 3.05. The summed E-state index contributed by atoms with van der Waals surface area (Å²) in [7, 11) is 0. The van der Waals surface area contributed by atoms with E-state index in [-0.39, 0.29) is 12.5 Å². The molecule has 0 unspecified atom stereocenters. The second-order valence-corrected chi connectivity index (χ2v) is 11.3. The van der Waals surface area contributed by atoms with E-state index in [9.17, 15) is 4.79 Å². The van der Waals surface area contributed by atoms with Gasteiger partial charge in [0.1, 0.15) is 5.75 Å². The molecule has 5 rings (SSSR count). The highest BCUT2D eigenvalue weighted by Crippen LogP contribution is 2.44. The van der Waals surface area contributed by atoms with Crippen molar-refractivity contribution in [3.05, 3.63) is 135 Å². The van der Waals surface area contributed by atoms with Gasteiger partial charge in [-0.15, -0.1) is 0 Å².